The van der Waals surface area contributed by atoms with Gasteiger partial charge in [-0.25, -0.2) is 4.79 Å². The molecule has 3 aromatic rings. The van der Waals surface area contributed by atoms with Crippen molar-refractivity contribution in [2.45, 2.75) is 6.61 Å². The largest absolute Gasteiger partial charge is 0.494 e. The van der Waals surface area contributed by atoms with Crippen LogP contribution in [0.4, 0.5) is 5.95 Å². The van der Waals surface area contributed by atoms with Gasteiger partial charge in [0.15, 0.2) is 0 Å². The van der Waals surface area contributed by atoms with Crippen LogP contribution in [0, 0.1) is 10.1 Å². The topological polar surface area (TPSA) is 109 Å². The number of ether oxygens (including phenoxy) is 2. The van der Waals surface area contributed by atoms with Crippen LogP contribution in [0.5, 0.6) is 11.8 Å². The van der Waals surface area contributed by atoms with Crippen LogP contribution in [-0.2, 0) is 18.4 Å². The maximum Gasteiger partial charge on any atom is 0.494 e. The Labute approximate surface area is 148 Å². The number of benzene rings is 2. The molecular formula is C17H14N4O5. The summed E-state index contributed by atoms with van der Waals surface area (Å²) in [6.07, 6.45) is 0. The van der Waals surface area contributed by atoms with Gasteiger partial charge in [0.2, 0.25) is 0 Å². The lowest BCUT2D eigenvalue weighted by Gasteiger charge is -2.06. The highest BCUT2D eigenvalue weighted by atomic mass is 16.6. The van der Waals surface area contributed by atoms with Crippen LogP contribution in [0.15, 0.2) is 54.6 Å². The fraction of sp³-hybridized carbons (Fsp3) is 0.118. The summed E-state index contributed by atoms with van der Waals surface area (Å²) in [5.74, 6) is -0.659. The summed E-state index contributed by atoms with van der Waals surface area (Å²) < 4.78 is 11.8. The van der Waals surface area contributed by atoms with Crippen molar-refractivity contribution >= 4 is 11.9 Å². The molecular weight excluding hydrogens is 340 g/mol. The fourth-order valence-electron chi connectivity index (χ4n) is 2.09. The van der Waals surface area contributed by atoms with Crippen LogP contribution >= 0.6 is 0 Å². The number of hydrogen-bond donors (Lipinski definition) is 0. The second-order valence-electron chi connectivity index (χ2n) is 5.26. The maximum atomic E-state index is 12.1. The molecule has 0 saturated heterocycles. The van der Waals surface area contributed by atoms with Crippen molar-refractivity contribution in [2.75, 3.05) is 0 Å². The second-order valence-corrected chi connectivity index (χ2v) is 5.26. The molecule has 0 aliphatic heterocycles. The first-order valence-electron chi connectivity index (χ1n) is 7.57. The fourth-order valence-corrected chi connectivity index (χ4v) is 2.09. The van der Waals surface area contributed by atoms with Crippen LogP contribution in [0.1, 0.15) is 15.9 Å². The predicted molar refractivity (Wildman–Crippen MR) is 89.7 cm³/mol. The average Bonchev–Trinajstić information content (AvgIpc) is 3.02. The molecule has 0 bridgehead atoms. The maximum absolute atomic E-state index is 12.1. The molecule has 0 aliphatic carbocycles. The van der Waals surface area contributed by atoms with Crippen molar-refractivity contribution in [2.24, 2.45) is 7.05 Å². The molecule has 3 rings (SSSR count). The van der Waals surface area contributed by atoms with E-state index in [0.29, 0.717) is 11.3 Å². The first kappa shape index (κ1) is 17.1. The van der Waals surface area contributed by atoms with Gasteiger partial charge in [-0.05, 0) is 39.7 Å². The normalized spacial score (nSPS) is 10.3. The Hall–Kier alpha value is -3.75. The molecule has 9 heteroatoms. The molecule has 0 unspecified atom stereocenters. The Morgan fingerprint density at radius 2 is 1.85 bits per heavy atom. The summed E-state index contributed by atoms with van der Waals surface area (Å²) in [6.45, 7) is 0.181. The minimum Gasteiger partial charge on any atom is -0.457 e. The smallest absolute Gasteiger partial charge is 0.457 e. The van der Waals surface area contributed by atoms with Crippen molar-refractivity contribution < 1.29 is 19.2 Å². The summed E-state index contributed by atoms with van der Waals surface area (Å²) in [4.78, 5) is 25.7. The first-order chi connectivity index (χ1) is 12.5. The summed E-state index contributed by atoms with van der Waals surface area (Å²) in [5.41, 5.74) is 1.25. The van der Waals surface area contributed by atoms with Gasteiger partial charge in [-0.15, -0.1) is 4.68 Å². The van der Waals surface area contributed by atoms with Gasteiger partial charge < -0.3 is 19.6 Å². The standard InChI is InChI=1S/C17H14N4O5/c1-20-17(18-16(19-20)21(23)24)26-14-9-7-13(8-10-14)15(22)25-11-12-5-3-2-4-6-12/h2-10H,11H2,1H3. The lowest BCUT2D eigenvalue weighted by Crippen LogP contribution is -2.05. The Bertz CT molecular complexity index is 922. The average molecular weight is 354 g/mol. The van der Waals surface area contributed by atoms with Gasteiger partial charge in [0, 0.05) is 5.10 Å². The zero-order valence-corrected chi connectivity index (χ0v) is 13.7. The van der Waals surface area contributed by atoms with E-state index in [9.17, 15) is 14.9 Å². The van der Waals surface area contributed by atoms with E-state index in [1.165, 1.54) is 19.2 Å². The Kier molecular flexibility index (Phi) is 4.88. The summed E-state index contributed by atoms with van der Waals surface area (Å²) in [7, 11) is 1.48. The number of hydrogen-bond acceptors (Lipinski definition) is 7. The van der Waals surface area contributed by atoms with Crippen LogP contribution in [0.2, 0.25) is 0 Å². The zero-order chi connectivity index (χ0) is 18.5. The van der Waals surface area contributed by atoms with E-state index in [-0.39, 0.29) is 12.6 Å². The number of carbonyl (C=O) groups is 1. The van der Waals surface area contributed by atoms with E-state index < -0.39 is 16.8 Å². The van der Waals surface area contributed by atoms with E-state index in [1.807, 2.05) is 30.3 Å². The lowest BCUT2D eigenvalue weighted by molar-refractivity contribution is -0.394. The summed E-state index contributed by atoms with van der Waals surface area (Å²) >= 11 is 0. The van der Waals surface area contributed by atoms with E-state index in [2.05, 4.69) is 10.1 Å². The molecule has 9 nitrogen and oxygen atoms in total. The third kappa shape index (κ3) is 4.01. The molecule has 0 spiro atoms. The van der Waals surface area contributed by atoms with Crippen molar-refractivity contribution in [3.05, 3.63) is 75.8 Å². The minimum atomic E-state index is -0.710. The number of carbonyl (C=O) groups excluding carboxylic acids is 1. The highest BCUT2D eigenvalue weighted by molar-refractivity contribution is 5.89. The SMILES string of the molecule is Cn1nc([N+](=O)[O-])nc1Oc1ccc(C(=O)OCc2ccccc2)cc1. The van der Waals surface area contributed by atoms with E-state index >= 15 is 0 Å². The summed E-state index contributed by atoms with van der Waals surface area (Å²) in [6, 6.07) is 15.5. The molecule has 0 fully saturated rings. The third-order valence-corrected chi connectivity index (χ3v) is 3.39. The Morgan fingerprint density at radius 3 is 2.46 bits per heavy atom. The first-order valence-corrected chi connectivity index (χ1v) is 7.57. The molecule has 0 N–H and O–H groups in total. The summed E-state index contributed by atoms with van der Waals surface area (Å²) in [5, 5.41) is 14.3. The van der Waals surface area contributed by atoms with Crippen LogP contribution < -0.4 is 4.74 Å². The van der Waals surface area contributed by atoms with Crippen molar-refractivity contribution in [1.82, 2.24) is 14.8 Å². The molecule has 1 heterocycles. The number of nitrogens with zero attached hydrogens (tertiary/aromatic N) is 4. The van der Waals surface area contributed by atoms with Gasteiger partial charge in [-0.1, -0.05) is 30.3 Å². The van der Waals surface area contributed by atoms with Gasteiger partial charge in [-0.3, -0.25) is 0 Å². The Morgan fingerprint density at radius 1 is 1.15 bits per heavy atom. The van der Waals surface area contributed by atoms with Crippen molar-refractivity contribution in [3.63, 3.8) is 0 Å². The number of esters is 1. The number of nitro groups is 1. The predicted octanol–water partition coefficient (Wildman–Crippen LogP) is 2.87. The van der Waals surface area contributed by atoms with Crippen LogP contribution in [0.25, 0.3) is 0 Å². The number of aryl methyl sites for hydroxylation is 1. The van der Waals surface area contributed by atoms with Gasteiger partial charge in [-0.2, -0.15) is 0 Å². The molecule has 1 aromatic heterocycles. The van der Waals surface area contributed by atoms with E-state index in [0.717, 1.165) is 10.2 Å². The zero-order valence-electron chi connectivity index (χ0n) is 13.7. The van der Waals surface area contributed by atoms with Crippen LogP contribution in [0.3, 0.4) is 0 Å². The molecule has 0 radical (unpaired) electrons. The molecule has 0 saturated carbocycles. The Balaban J connectivity index is 1.63. The van der Waals surface area contributed by atoms with Gasteiger partial charge in [0.05, 0.1) is 12.6 Å². The van der Waals surface area contributed by atoms with E-state index in [4.69, 9.17) is 9.47 Å². The van der Waals surface area contributed by atoms with Gasteiger partial charge >= 0.3 is 17.9 Å². The molecule has 0 amide bonds. The third-order valence-electron chi connectivity index (χ3n) is 3.39. The molecule has 132 valence electrons. The van der Waals surface area contributed by atoms with Crippen LogP contribution in [-0.4, -0.2) is 25.7 Å². The van der Waals surface area contributed by atoms with Gasteiger partial charge in [0.25, 0.3) is 0 Å². The monoisotopic (exact) mass is 354 g/mol. The van der Waals surface area contributed by atoms with Crippen molar-refractivity contribution in [3.8, 4) is 11.8 Å². The minimum absolute atomic E-state index is 0.0314. The van der Waals surface area contributed by atoms with Gasteiger partial charge in [0.1, 0.15) is 12.4 Å². The molecule has 2 aromatic carbocycles. The highest BCUT2D eigenvalue weighted by Crippen LogP contribution is 2.21. The van der Waals surface area contributed by atoms with Crippen molar-refractivity contribution in [1.29, 1.82) is 0 Å². The quantitative estimate of drug-likeness (QED) is 0.380. The number of rotatable bonds is 6. The molecule has 0 aliphatic rings. The number of aromatic nitrogens is 3. The second kappa shape index (κ2) is 7.43. The van der Waals surface area contributed by atoms with E-state index in [1.54, 1.807) is 12.1 Å². The lowest BCUT2D eigenvalue weighted by atomic mass is 10.2. The highest BCUT2D eigenvalue weighted by Gasteiger charge is 2.21. The molecule has 26 heavy (non-hydrogen) atoms. The molecule has 0 atom stereocenters.